The fourth-order valence-corrected chi connectivity index (χ4v) is 2.68. The minimum absolute atomic E-state index is 0.601. The third-order valence-corrected chi connectivity index (χ3v) is 3.90. The molecule has 0 radical (unpaired) electrons. The largest absolute Gasteiger partial charge is 0.383 e. The molecular weight excluding hydrogens is 212 g/mol. The van der Waals surface area contributed by atoms with Crippen molar-refractivity contribution in [2.24, 2.45) is 11.8 Å². The Labute approximate surface area is 103 Å². The lowest BCUT2D eigenvalue weighted by atomic mass is 9.98. The Kier molecular flexibility index (Phi) is 3.82. The van der Waals surface area contributed by atoms with Gasteiger partial charge < -0.3 is 11.1 Å². The van der Waals surface area contributed by atoms with Crippen LogP contribution in [0.5, 0.6) is 0 Å². The highest BCUT2D eigenvalue weighted by Crippen LogP contribution is 2.31. The van der Waals surface area contributed by atoms with Crippen LogP contribution in [0, 0.1) is 11.8 Å². The molecule has 1 saturated carbocycles. The zero-order chi connectivity index (χ0) is 12.3. The molecule has 0 spiro atoms. The third kappa shape index (κ3) is 2.68. The minimum Gasteiger partial charge on any atom is -0.383 e. The summed E-state index contributed by atoms with van der Waals surface area (Å²) in [6.45, 7) is 5.43. The number of anilines is 2. The van der Waals surface area contributed by atoms with Crippen LogP contribution in [0.3, 0.4) is 0 Å². The van der Waals surface area contributed by atoms with Gasteiger partial charge in [0.25, 0.3) is 0 Å². The first-order chi connectivity index (χ1) is 8.22. The zero-order valence-corrected chi connectivity index (χ0v) is 10.7. The summed E-state index contributed by atoms with van der Waals surface area (Å²) in [6, 6.07) is 0. The fourth-order valence-electron chi connectivity index (χ4n) is 2.68. The van der Waals surface area contributed by atoms with E-state index in [1.165, 1.54) is 25.6 Å². The number of rotatable bonds is 4. The highest BCUT2D eigenvalue weighted by Gasteiger charge is 2.23. The first-order valence-electron chi connectivity index (χ1n) is 6.55. The van der Waals surface area contributed by atoms with Crippen LogP contribution < -0.4 is 11.1 Å². The maximum atomic E-state index is 5.85. The van der Waals surface area contributed by atoms with E-state index in [1.807, 2.05) is 0 Å². The summed E-state index contributed by atoms with van der Waals surface area (Å²) in [5.74, 6) is 3.12. The molecule has 4 heteroatoms. The summed E-state index contributed by atoms with van der Waals surface area (Å²) < 4.78 is 0. The van der Waals surface area contributed by atoms with Crippen LogP contribution in [0.4, 0.5) is 11.6 Å². The molecule has 2 rings (SSSR count). The number of nitrogens with one attached hydrogen (secondary N) is 1. The summed E-state index contributed by atoms with van der Waals surface area (Å²) in [4.78, 5) is 8.33. The van der Waals surface area contributed by atoms with Crippen molar-refractivity contribution in [3.8, 4) is 0 Å². The predicted octanol–water partition coefficient (Wildman–Crippen LogP) is 2.47. The maximum absolute atomic E-state index is 5.85. The van der Waals surface area contributed by atoms with Gasteiger partial charge in [-0.25, -0.2) is 9.97 Å². The minimum atomic E-state index is 0.601. The summed E-state index contributed by atoms with van der Waals surface area (Å²) in [6.07, 6.45) is 6.46. The van der Waals surface area contributed by atoms with E-state index in [0.717, 1.165) is 36.2 Å². The van der Waals surface area contributed by atoms with E-state index in [2.05, 4.69) is 29.1 Å². The van der Waals surface area contributed by atoms with Gasteiger partial charge in [0.15, 0.2) is 0 Å². The first kappa shape index (κ1) is 12.1. The van der Waals surface area contributed by atoms with Gasteiger partial charge in [-0.2, -0.15) is 0 Å². The van der Waals surface area contributed by atoms with Crippen LogP contribution in [0.25, 0.3) is 0 Å². The molecule has 1 aliphatic rings. The molecule has 2 unspecified atom stereocenters. The van der Waals surface area contributed by atoms with Crippen molar-refractivity contribution in [2.45, 2.75) is 39.5 Å². The molecule has 0 aromatic carbocycles. The van der Waals surface area contributed by atoms with Gasteiger partial charge in [0.05, 0.1) is 0 Å². The van der Waals surface area contributed by atoms with E-state index in [1.54, 1.807) is 0 Å². The second kappa shape index (κ2) is 5.34. The third-order valence-electron chi connectivity index (χ3n) is 3.90. The lowest BCUT2D eigenvalue weighted by Crippen LogP contribution is -2.18. The molecule has 0 bridgehead atoms. The highest BCUT2D eigenvalue weighted by atomic mass is 15.0. The number of aromatic nitrogens is 2. The normalized spacial score (nSPS) is 23.9. The van der Waals surface area contributed by atoms with Crippen LogP contribution in [0.2, 0.25) is 0 Å². The molecule has 1 aromatic rings. The predicted molar refractivity (Wildman–Crippen MR) is 70.8 cm³/mol. The second-order valence-corrected chi connectivity index (χ2v) is 4.99. The molecule has 0 aliphatic heterocycles. The Morgan fingerprint density at radius 2 is 2.24 bits per heavy atom. The Morgan fingerprint density at radius 3 is 2.88 bits per heavy atom. The zero-order valence-electron chi connectivity index (χ0n) is 10.7. The van der Waals surface area contributed by atoms with Gasteiger partial charge in [0.1, 0.15) is 18.0 Å². The van der Waals surface area contributed by atoms with Crippen LogP contribution in [-0.4, -0.2) is 16.5 Å². The molecule has 94 valence electrons. The smallest absolute Gasteiger partial charge is 0.134 e. The van der Waals surface area contributed by atoms with E-state index in [9.17, 15) is 0 Å². The van der Waals surface area contributed by atoms with Gasteiger partial charge in [-0.15, -0.1) is 0 Å². The molecule has 0 saturated heterocycles. The summed E-state index contributed by atoms with van der Waals surface area (Å²) in [7, 11) is 0. The van der Waals surface area contributed by atoms with Crippen LogP contribution >= 0.6 is 0 Å². The van der Waals surface area contributed by atoms with E-state index in [4.69, 9.17) is 5.73 Å². The number of nitrogen functional groups attached to an aromatic ring is 1. The lowest BCUT2D eigenvalue weighted by molar-refractivity contribution is 0.439. The van der Waals surface area contributed by atoms with Crippen LogP contribution in [0.1, 0.15) is 38.7 Å². The first-order valence-corrected chi connectivity index (χ1v) is 6.55. The summed E-state index contributed by atoms with van der Waals surface area (Å²) in [5, 5.41) is 3.45. The van der Waals surface area contributed by atoms with Gasteiger partial charge in [0.2, 0.25) is 0 Å². The molecule has 4 nitrogen and oxygen atoms in total. The van der Waals surface area contributed by atoms with Gasteiger partial charge in [0, 0.05) is 12.1 Å². The summed E-state index contributed by atoms with van der Waals surface area (Å²) >= 11 is 0. The quantitative estimate of drug-likeness (QED) is 0.840. The lowest BCUT2D eigenvalue weighted by Gasteiger charge is -2.17. The van der Waals surface area contributed by atoms with Crippen molar-refractivity contribution in [2.75, 3.05) is 17.6 Å². The Balaban J connectivity index is 2.01. The monoisotopic (exact) mass is 234 g/mol. The average Bonchev–Trinajstić information content (AvgIpc) is 2.72. The van der Waals surface area contributed by atoms with Crippen molar-refractivity contribution in [1.82, 2.24) is 9.97 Å². The van der Waals surface area contributed by atoms with E-state index in [0.29, 0.717) is 5.82 Å². The fraction of sp³-hybridized carbons (Fsp3) is 0.692. The molecule has 2 atom stereocenters. The molecule has 3 N–H and O–H groups in total. The Hall–Kier alpha value is -1.32. The standard InChI is InChI=1S/C13H22N4/c1-3-11-12(14)16-8-17-13(11)15-7-10-6-4-5-9(10)2/h8-10H,3-7H2,1-2H3,(H3,14,15,16,17). The van der Waals surface area contributed by atoms with E-state index in [-0.39, 0.29) is 0 Å². The molecule has 1 heterocycles. The van der Waals surface area contributed by atoms with Crippen LogP contribution in [0.15, 0.2) is 6.33 Å². The van der Waals surface area contributed by atoms with Crippen molar-refractivity contribution in [3.05, 3.63) is 11.9 Å². The van der Waals surface area contributed by atoms with Crippen molar-refractivity contribution in [1.29, 1.82) is 0 Å². The van der Waals surface area contributed by atoms with Gasteiger partial charge in [-0.3, -0.25) is 0 Å². The van der Waals surface area contributed by atoms with Gasteiger partial charge in [-0.05, 0) is 24.7 Å². The van der Waals surface area contributed by atoms with Gasteiger partial charge >= 0.3 is 0 Å². The maximum Gasteiger partial charge on any atom is 0.134 e. The van der Waals surface area contributed by atoms with Crippen molar-refractivity contribution < 1.29 is 0 Å². The SMILES string of the molecule is CCc1c(N)ncnc1NCC1CCCC1C. The second-order valence-electron chi connectivity index (χ2n) is 4.99. The number of nitrogens with zero attached hydrogens (tertiary/aromatic N) is 2. The van der Waals surface area contributed by atoms with E-state index >= 15 is 0 Å². The van der Waals surface area contributed by atoms with Crippen LogP contribution in [-0.2, 0) is 6.42 Å². The topological polar surface area (TPSA) is 63.8 Å². The molecule has 17 heavy (non-hydrogen) atoms. The molecule has 1 fully saturated rings. The Morgan fingerprint density at radius 1 is 1.41 bits per heavy atom. The molecular formula is C13H22N4. The highest BCUT2D eigenvalue weighted by molar-refractivity contribution is 5.54. The van der Waals surface area contributed by atoms with Crippen molar-refractivity contribution >= 4 is 11.6 Å². The number of hydrogen-bond acceptors (Lipinski definition) is 4. The summed E-state index contributed by atoms with van der Waals surface area (Å²) in [5.41, 5.74) is 6.89. The molecule has 1 aromatic heterocycles. The van der Waals surface area contributed by atoms with E-state index < -0.39 is 0 Å². The van der Waals surface area contributed by atoms with Crippen molar-refractivity contribution in [3.63, 3.8) is 0 Å². The Bertz CT molecular complexity index is 378. The van der Waals surface area contributed by atoms with Gasteiger partial charge in [-0.1, -0.05) is 26.7 Å². The number of nitrogens with two attached hydrogens (primary N) is 1. The molecule has 0 amide bonds. The number of hydrogen-bond donors (Lipinski definition) is 2. The average molecular weight is 234 g/mol. The molecule has 1 aliphatic carbocycles.